The molecule has 1 aromatic heterocycles. The van der Waals surface area contributed by atoms with Crippen molar-refractivity contribution < 1.29 is 19.4 Å². The van der Waals surface area contributed by atoms with Gasteiger partial charge in [0.15, 0.2) is 11.5 Å². The van der Waals surface area contributed by atoms with Crippen LogP contribution in [0.4, 0.5) is 0 Å². The number of aromatic amines is 1. The molecule has 2 aromatic carbocycles. The highest BCUT2D eigenvalue weighted by atomic mass is 16.5. The van der Waals surface area contributed by atoms with Gasteiger partial charge in [-0.25, -0.2) is 0 Å². The van der Waals surface area contributed by atoms with Crippen molar-refractivity contribution in [2.75, 3.05) is 54.1 Å². The van der Waals surface area contributed by atoms with Crippen molar-refractivity contribution in [1.29, 1.82) is 0 Å². The Kier molecular flexibility index (Phi) is 8.21. The van der Waals surface area contributed by atoms with Crippen LogP contribution in [0.15, 0.2) is 36.4 Å². The Morgan fingerprint density at radius 1 is 1.11 bits per heavy atom. The van der Waals surface area contributed by atoms with Crippen molar-refractivity contribution in [3.05, 3.63) is 47.5 Å². The standard InChI is InChI=1S/C29H39N3O4/c1-19(2)28-23-16-21(20-10-12-32(13-11-20)27(34)18-31(3)14-15-33)6-8-24(23)30-29(28)22-7-9-25(35-4)26(17-22)36-5/h6-9,16-17,19-20,30,33H,10-15,18H2,1-5H3. The second kappa shape index (κ2) is 11.4. The van der Waals surface area contributed by atoms with Gasteiger partial charge in [-0.3, -0.25) is 9.69 Å². The lowest BCUT2D eigenvalue weighted by atomic mass is 9.87. The van der Waals surface area contributed by atoms with Gasteiger partial charge in [-0.15, -0.1) is 0 Å². The van der Waals surface area contributed by atoms with Crippen LogP contribution in [-0.2, 0) is 4.79 Å². The van der Waals surface area contributed by atoms with Gasteiger partial charge < -0.3 is 24.5 Å². The van der Waals surface area contributed by atoms with Crippen LogP contribution in [0.1, 0.15) is 49.7 Å². The first-order valence-corrected chi connectivity index (χ1v) is 12.8. The molecule has 1 aliphatic heterocycles. The summed E-state index contributed by atoms with van der Waals surface area (Å²) >= 11 is 0. The number of benzene rings is 2. The van der Waals surface area contributed by atoms with Crippen molar-refractivity contribution in [1.82, 2.24) is 14.8 Å². The van der Waals surface area contributed by atoms with E-state index >= 15 is 0 Å². The molecule has 1 saturated heterocycles. The number of fused-ring (bicyclic) bond motifs is 1. The van der Waals surface area contributed by atoms with E-state index in [9.17, 15) is 4.79 Å². The maximum atomic E-state index is 12.6. The van der Waals surface area contributed by atoms with Gasteiger partial charge in [0.05, 0.1) is 33.1 Å². The molecule has 1 aliphatic rings. The molecule has 3 aromatic rings. The van der Waals surface area contributed by atoms with Crippen LogP contribution in [-0.4, -0.2) is 79.9 Å². The number of likely N-dealkylation sites (tertiary alicyclic amines) is 1. The fourth-order valence-corrected chi connectivity index (χ4v) is 5.35. The SMILES string of the molecule is COc1ccc(-c2[nH]c3ccc(C4CCN(C(=O)CN(C)CCO)CC4)cc3c2C(C)C)cc1OC. The number of nitrogens with zero attached hydrogens (tertiary/aromatic N) is 2. The summed E-state index contributed by atoms with van der Waals surface area (Å²) in [4.78, 5) is 20.1. The number of nitrogens with one attached hydrogen (secondary N) is 1. The zero-order valence-electron chi connectivity index (χ0n) is 22.1. The van der Waals surface area contributed by atoms with Crippen LogP contribution in [0.25, 0.3) is 22.2 Å². The zero-order valence-corrected chi connectivity index (χ0v) is 22.1. The number of methoxy groups -OCH3 is 2. The number of carbonyl (C=O) groups is 1. The number of carbonyl (C=O) groups excluding carboxylic acids is 1. The van der Waals surface area contributed by atoms with Gasteiger partial charge in [0, 0.05) is 36.1 Å². The minimum absolute atomic E-state index is 0.0690. The van der Waals surface area contributed by atoms with Crippen molar-refractivity contribution >= 4 is 16.8 Å². The molecule has 194 valence electrons. The average Bonchev–Trinajstić information content (AvgIpc) is 3.27. The molecule has 7 heteroatoms. The molecule has 0 bridgehead atoms. The molecule has 0 radical (unpaired) electrons. The van der Waals surface area contributed by atoms with Crippen LogP contribution >= 0.6 is 0 Å². The van der Waals surface area contributed by atoms with Crippen molar-refractivity contribution in [2.24, 2.45) is 0 Å². The Bertz CT molecular complexity index is 1190. The summed E-state index contributed by atoms with van der Waals surface area (Å²) in [6.45, 7) is 6.96. The molecule has 36 heavy (non-hydrogen) atoms. The number of likely N-dealkylation sites (N-methyl/N-ethyl adjacent to an activating group) is 1. The number of aliphatic hydroxyl groups is 1. The van der Waals surface area contributed by atoms with Gasteiger partial charge in [-0.2, -0.15) is 0 Å². The summed E-state index contributed by atoms with van der Waals surface area (Å²) in [6, 6.07) is 12.8. The minimum atomic E-state index is 0.0690. The summed E-state index contributed by atoms with van der Waals surface area (Å²) in [7, 11) is 5.18. The molecule has 0 saturated carbocycles. The lowest BCUT2D eigenvalue weighted by molar-refractivity contribution is -0.133. The number of aliphatic hydroxyl groups excluding tert-OH is 1. The molecule has 0 atom stereocenters. The normalized spacial score (nSPS) is 14.7. The molecule has 2 heterocycles. The number of aromatic nitrogens is 1. The maximum absolute atomic E-state index is 12.6. The predicted molar refractivity (Wildman–Crippen MR) is 144 cm³/mol. The number of ether oxygens (including phenoxy) is 2. The van der Waals surface area contributed by atoms with Gasteiger partial charge in [-0.05, 0) is 73.2 Å². The van der Waals surface area contributed by atoms with E-state index in [1.807, 2.05) is 29.0 Å². The molecule has 1 fully saturated rings. The highest BCUT2D eigenvalue weighted by molar-refractivity contribution is 5.92. The Balaban J connectivity index is 1.57. The van der Waals surface area contributed by atoms with E-state index in [4.69, 9.17) is 14.6 Å². The molecular formula is C29H39N3O4. The second-order valence-corrected chi connectivity index (χ2v) is 10.1. The summed E-state index contributed by atoms with van der Waals surface area (Å²) in [5.74, 6) is 2.36. The number of hydrogen-bond acceptors (Lipinski definition) is 5. The van der Waals surface area contributed by atoms with E-state index in [1.165, 1.54) is 16.5 Å². The van der Waals surface area contributed by atoms with Gasteiger partial charge in [0.1, 0.15) is 0 Å². The van der Waals surface area contributed by atoms with E-state index in [0.29, 0.717) is 30.7 Å². The Morgan fingerprint density at radius 3 is 2.47 bits per heavy atom. The molecule has 7 nitrogen and oxygen atoms in total. The monoisotopic (exact) mass is 493 g/mol. The fraction of sp³-hybridized carbons (Fsp3) is 0.483. The molecule has 4 rings (SSSR count). The van der Waals surface area contributed by atoms with Crippen molar-refractivity contribution in [2.45, 2.75) is 38.5 Å². The maximum Gasteiger partial charge on any atom is 0.236 e. The van der Waals surface area contributed by atoms with Crippen LogP contribution in [0.3, 0.4) is 0 Å². The molecule has 0 unspecified atom stereocenters. The zero-order chi connectivity index (χ0) is 25.8. The van der Waals surface area contributed by atoms with Gasteiger partial charge >= 0.3 is 0 Å². The second-order valence-electron chi connectivity index (χ2n) is 10.1. The van der Waals surface area contributed by atoms with E-state index in [-0.39, 0.29) is 12.5 Å². The minimum Gasteiger partial charge on any atom is -0.493 e. The average molecular weight is 494 g/mol. The van der Waals surface area contributed by atoms with Crippen molar-refractivity contribution in [3.8, 4) is 22.8 Å². The Hall–Kier alpha value is -3.03. The Morgan fingerprint density at radius 2 is 1.83 bits per heavy atom. The quantitative estimate of drug-likeness (QED) is 0.455. The third-order valence-electron chi connectivity index (χ3n) is 7.32. The molecule has 0 spiro atoms. The molecular weight excluding hydrogens is 454 g/mol. The van der Waals surface area contributed by atoms with Crippen LogP contribution < -0.4 is 9.47 Å². The van der Waals surface area contributed by atoms with Gasteiger partial charge in [-0.1, -0.05) is 19.9 Å². The highest BCUT2D eigenvalue weighted by Gasteiger charge is 2.25. The first-order valence-electron chi connectivity index (χ1n) is 12.8. The topological polar surface area (TPSA) is 78.0 Å². The van der Waals surface area contributed by atoms with E-state index in [2.05, 4.69) is 43.1 Å². The summed E-state index contributed by atoms with van der Waals surface area (Å²) < 4.78 is 11.0. The molecule has 0 aliphatic carbocycles. The van der Waals surface area contributed by atoms with E-state index in [1.54, 1.807) is 14.2 Å². The number of hydrogen-bond donors (Lipinski definition) is 2. The molecule has 1 amide bonds. The predicted octanol–water partition coefficient (Wildman–Crippen LogP) is 4.61. The van der Waals surface area contributed by atoms with Crippen LogP contribution in [0, 0.1) is 0 Å². The first-order chi connectivity index (χ1) is 17.4. The fourth-order valence-electron chi connectivity index (χ4n) is 5.35. The largest absolute Gasteiger partial charge is 0.493 e. The lowest BCUT2D eigenvalue weighted by Crippen LogP contribution is -2.43. The number of piperidine rings is 1. The number of H-pyrrole nitrogens is 1. The van der Waals surface area contributed by atoms with E-state index in [0.717, 1.165) is 48.5 Å². The summed E-state index contributed by atoms with van der Waals surface area (Å²) in [5, 5.41) is 10.3. The number of rotatable bonds is 9. The lowest BCUT2D eigenvalue weighted by Gasteiger charge is -2.33. The third kappa shape index (κ3) is 5.37. The Labute approximate surface area is 214 Å². The summed E-state index contributed by atoms with van der Waals surface area (Å²) in [5.41, 5.74) is 5.97. The molecule has 2 N–H and O–H groups in total. The number of amides is 1. The highest BCUT2D eigenvalue weighted by Crippen LogP contribution is 2.40. The summed E-state index contributed by atoms with van der Waals surface area (Å²) in [6.07, 6.45) is 1.93. The van der Waals surface area contributed by atoms with Gasteiger partial charge in [0.2, 0.25) is 5.91 Å². The van der Waals surface area contributed by atoms with Gasteiger partial charge in [0.25, 0.3) is 0 Å². The third-order valence-corrected chi connectivity index (χ3v) is 7.32. The van der Waals surface area contributed by atoms with Crippen LogP contribution in [0.5, 0.6) is 11.5 Å². The smallest absolute Gasteiger partial charge is 0.236 e. The van der Waals surface area contributed by atoms with E-state index < -0.39 is 0 Å². The van der Waals surface area contributed by atoms with Crippen LogP contribution in [0.2, 0.25) is 0 Å². The first kappa shape index (κ1) is 26.0. The van der Waals surface area contributed by atoms with Crippen molar-refractivity contribution in [3.63, 3.8) is 0 Å².